The molecule has 7 nitrogen and oxygen atoms in total. The summed E-state index contributed by atoms with van der Waals surface area (Å²) in [4.78, 5) is 22.0. The smallest absolute Gasteiger partial charge is 0.383 e. The van der Waals surface area contributed by atoms with Crippen LogP contribution in [0.25, 0.3) is 11.0 Å². The Kier molecular flexibility index (Phi) is 3.79. The average molecular weight is 280 g/mol. The van der Waals surface area contributed by atoms with E-state index < -0.39 is 17.3 Å². The molecule has 0 spiro atoms. The summed E-state index contributed by atoms with van der Waals surface area (Å²) in [7, 11) is 1.23. The van der Waals surface area contributed by atoms with Gasteiger partial charge < -0.3 is 24.1 Å². The minimum atomic E-state index is -1.00. The quantitative estimate of drug-likeness (QED) is 0.796. The lowest BCUT2D eigenvalue weighted by Crippen LogP contribution is -2.07. The molecule has 0 radical (unpaired) electrons. The van der Waals surface area contributed by atoms with E-state index in [0.717, 1.165) is 0 Å². The predicted molar refractivity (Wildman–Crippen MR) is 68.4 cm³/mol. The van der Waals surface area contributed by atoms with Crippen LogP contribution in [0.5, 0.6) is 17.2 Å². The van der Waals surface area contributed by atoms with Crippen molar-refractivity contribution in [2.45, 2.75) is 6.42 Å². The van der Waals surface area contributed by atoms with Gasteiger partial charge in [0.2, 0.25) is 5.75 Å². The minimum Gasteiger partial charge on any atom is -0.503 e. The maximum Gasteiger partial charge on any atom is 0.383 e. The molecule has 20 heavy (non-hydrogen) atoms. The number of fused-ring (bicyclic) bond motifs is 1. The second-order valence-electron chi connectivity index (χ2n) is 3.89. The van der Waals surface area contributed by atoms with Crippen molar-refractivity contribution >= 4 is 16.9 Å². The third-order valence-corrected chi connectivity index (χ3v) is 2.61. The molecular formula is C13H12O7. The molecule has 0 aliphatic heterocycles. The highest BCUT2D eigenvalue weighted by molar-refractivity contribution is 5.91. The topological polar surface area (TPSA) is 106 Å². The molecule has 2 N–H and O–H groups in total. The van der Waals surface area contributed by atoms with Gasteiger partial charge in [0, 0.05) is 0 Å². The van der Waals surface area contributed by atoms with Crippen molar-refractivity contribution < 1.29 is 28.9 Å². The van der Waals surface area contributed by atoms with Gasteiger partial charge in [0.25, 0.3) is 0 Å². The van der Waals surface area contributed by atoms with Crippen LogP contribution in [0.2, 0.25) is 0 Å². The summed E-state index contributed by atoms with van der Waals surface area (Å²) < 4.78 is 15.1. The molecule has 0 unspecified atom stereocenters. The number of carboxylic acid groups (broad SMARTS) is 1. The van der Waals surface area contributed by atoms with E-state index in [9.17, 15) is 14.7 Å². The van der Waals surface area contributed by atoms with Gasteiger partial charge in [-0.05, 0) is 12.1 Å². The minimum absolute atomic E-state index is 0.0741. The lowest BCUT2D eigenvalue weighted by atomic mass is 10.2. The van der Waals surface area contributed by atoms with Gasteiger partial charge in [-0.3, -0.25) is 4.79 Å². The van der Waals surface area contributed by atoms with E-state index >= 15 is 0 Å². The summed E-state index contributed by atoms with van der Waals surface area (Å²) in [5.74, 6) is -1.52. The number of aromatic hydroxyl groups is 1. The molecule has 0 amide bonds. The third kappa shape index (κ3) is 2.51. The SMILES string of the molecule is COc1c(O)c2c(OCCC(=O)O)cccc2oc1=O. The van der Waals surface area contributed by atoms with Crippen LogP contribution in [0, 0.1) is 0 Å². The van der Waals surface area contributed by atoms with Crippen LogP contribution in [0.4, 0.5) is 0 Å². The van der Waals surface area contributed by atoms with Gasteiger partial charge in [0.1, 0.15) is 16.7 Å². The highest BCUT2D eigenvalue weighted by atomic mass is 16.5. The van der Waals surface area contributed by atoms with Crippen molar-refractivity contribution in [2.24, 2.45) is 0 Å². The van der Waals surface area contributed by atoms with Crippen molar-refractivity contribution in [1.29, 1.82) is 0 Å². The van der Waals surface area contributed by atoms with Crippen LogP contribution >= 0.6 is 0 Å². The van der Waals surface area contributed by atoms with Crippen molar-refractivity contribution in [1.82, 2.24) is 0 Å². The molecule has 106 valence electrons. The van der Waals surface area contributed by atoms with Crippen LogP contribution in [0.1, 0.15) is 6.42 Å². The molecule has 0 saturated heterocycles. The monoisotopic (exact) mass is 280 g/mol. The lowest BCUT2D eigenvalue weighted by Gasteiger charge is -2.10. The van der Waals surface area contributed by atoms with E-state index in [1.807, 2.05) is 0 Å². The zero-order chi connectivity index (χ0) is 14.7. The Bertz CT molecular complexity index is 702. The first-order chi connectivity index (χ1) is 9.54. The Morgan fingerprint density at radius 3 is 2.80 bits per heavy atom. The molecule has 1 aromatic heterocycles. The fraction of sp³-hybridized carbons (Fsp3) is 0.231. The van der Waals surface area contributed by atoms with Crippen LogP contribution in [-0.2, 0) is 4.79 Å². The molecule has 7 heteroatoms. The molecule has 0 aliphatic carbocycles. The van der Waals surface area contributed by atoms with Crippen molar-refractivity contribution in [2.75, 3.05) is 13.7 Å². The highest BCUT2D eigenvalue weighted by Gasteiger charge is 2.18. The second kappa shape index (κ2) is 5.52. The number of hydrogen-bond acceptors (Lipinski definition) is 6. The van der Waals surface area contributed by atoms with E-state index in [1.54, 1.807) is 6.07 Å². The zero-order valence-corrected chi connectivity index (χ0v) is 10.6. The van der Waals surface area contributed by atoms with Crippen molar-refractivity contribution in [3.63, 3.8) is 0 Å². The summed E-state index contributed by atoms with van der Waals surface area (Å²) in [6, 6.07) is 4.58. The summed E-state index contributed by atoms with van der Waals surface area (Å²) in [5, 5.41) is 18.8. The van der Waals surface area contributed by atoms with Gasteiger partial charge in [-0.2, -0.15) is 0 Å². The lowest BCUT2D eigenvalue weighted by molar-refractivity contribution is -0.137. The van der Waals surface area contributed by atoms with Gasteiger partial charge in [-0.25, -0.2) is 4.79 Å². The maximum atomic E-state index is 11.5. The number of carbonyl (C=O) groups is 1. The van der Waals surface area contributed by atoms with Gasteiger partial charge in [-0.1, -0.05) is 6.07 Å². The third-order valence-electron chi connectivity index (χ3n) is 2.61. The Morgan fingerprint density at radius 1 is 1.40 bits per heavy atom. The molecule has 0 bridgehead atoms. The Hall–Kier alpha value is -2.70. The number of methoxy groups -OCH3 is 1. The number of hydrogen-bond donors (Lipinski definition) is 2. The van der Waals surface area contributed by atoms with E-state index in [1.165, 1.54) is 19.2 Å². The summed E-state index contributed by atoms with van der Waals surface area (Å²) >= 11 is 0. The summed E-state index contributed by atoms with van der Waals surface area (Å²) in [5.41, 5.74) is -0.679. The van der Waals surface area contributed by atoms with Crippen LogP contribution in [0.3, 0.4) is 0 Å². The molecule has 0 aliphatic rings. The standard InChI is InChI=1S/C13H12O7/c1-18-12-11(16)10-7(19-6-5-9(14)15)3-2-4-8(10)20-13(12)17/h2-4,16H,5-6H2,1H3,(H,14,15). The fourth-order valence-electron chi connectivity index (χ4n) is 1.73. The number of carboxylic acids is 1. The van der Waals surface area contributed by atoms with Crippen molar-refractivity contribution in [3.05, 3.63) is 28.6 Å². The Morgan fingerprint density at radius 2 is 2.15 bits per heavy atom. The van der Waals surface area contributed by atoms with E-state index in [0.29, 0.717) is 0 Å². The fourth-order valence-corrected chi connectivity index (χ4v) is 1.73. The zero-order valence-electron chi connectivity index (χ0n) is 10.6. The molecular weight excluding hydrogens is 268 g/mol. The molecule has 1 heterocycles. The van der Waals surface area contributed by atoms with E-state index in [2.05, 4.69) is 0 Å². The summed E-state index contributed by atoms with van der Waals surface area (Å²) in [6.45, 7) is -0.0741. The largest absolute Gasteiger partial charge is 0.503 e. The number of ether oxygens (including phenoxy) is 2. The van der Waals surface area contributed by atoms with Crippen LogP contribution < -0.4 is 15.1 Å². The van der Waals surface area contributed by atoms with Crippen LogP contribution in [0.15, 0.2) is 27.4 Å². The first-order valence-corrected chi connectivity index (χ1v) is 5.72. The highest BCUT2D eigenvalue weighted by Crippen LogP contribution is 2.37. The summed E-state index contributed by atoms with van der Waals surface area (Å²) in [6.07, 6.45) is -0.189. The first-order valence-electron chi connectivity index (χ1n) is 5.72. The molecule has 2 aromatic rings. The number of benzene rings is 1. The maximum absolute atomic E-state index is 11.5. The second-order valence-corrected chi connectivity index (χ2v) is 3.89. The number of aliphatic carboxylic acids is 1. The Labute approximate surface area is 113 Å². The van der Waals surface area contributed by atoms with Gasteiger partial charge >= 0.3 is 11.6 Å². The van der Waals surface area contributed by atoms with Gasteiger partial charge in [-0.15, -0.1) is 0 Å². The molecule has 0 atom stereocenters. The van der Waals surface area contributed by atoms with Crippen molar-refractivity contribution in [3.8, 4) is 17.2 Å². The number of rotatable bonds is 5. The van der Waals surface area contributed by atoms with Crippen LogP contribution in [-0.4, -0.2) is 29.9 Å². The predicted octanol–water partition coefficient (Wildman–Crippen LogP) is 1.36. The molecule has 1 aromatic carbocycles. The average Bonchev–Trinajstić information content (AvgIpc) is 2.38. The normalized spacial score (nSPS) is 10.4. The van der Waals surface area contributed by atoms with E-state index in [-0.39, 0.29) is 35.5 Å². The first kappa shape index (κ1) is 13.7. The van der Waals surface area contributed by atoms with E-state index in [4.69, 9.17) is 19.0 Å². The molecule has 2 rings (SSSR count). The van der Waals surface area contributed by atoms with Gasteiger partial charge in [0.05, 0.1) is 20.1 Å². The molecule has 0 saturated carbocycles. The molecule has 0 fully saturated rings. The Balaban J connectivity index is 2.50. The van der Waals surface area contributed by atoms with Gasteiger partial charge in [0.15, 0.2) is 5.75 Å².